The summed E-state index contributed by atoms with van der Waals surface area (Å²) >= 11 is 0. The van der Waals surface area contributed by atoms with E-state index in [-0.39, 0.29) is 23.2 Å². The van der Waals surface area contributed by atoms with Gasteiger partial charge in [0.2, 0.25) is 15.9 Å². The van der Waals surface area contributed by atoms with Crippen LogP contribution >= 0.6 is 0 Å². The van der Waals surface area contributed by atoms with Crippen LogP contribution in [-0.2, 0) is 14.8 Å². The summed E-state index contributed by atoms with van der Waals surface area (Å²) in [6.45, 7) is 3.17. The first kappa shape index (κ1) is 19.7. The molecule has 0 bridgehead atoms. The maximum absolute atomic E-state index is 12.1. The molecular weight excluding hydrogens is 338 g/mol. The van der Waals surface area contributed by atoms with E-state index in [1.165, 1.54) is 19.2 Å². The molecule has 0 fully saturated rings. The number of amides is 1. The van der Waals surface area contributed by atoms with Gasteiger partial charge in [-0.3, -0.25) is 19.2 Å². The van der Waals surface area contributed by atoms with E-state index in [1.807, 2.05) is 6.92 Å². The van der Waals surface area contributed by atoms with Gasteiger partial charge in [0.1, 0.15) is 18.0 Å². The van der Waals surface area contributed by atoms with E-state index in [0.717, 1.165) is 16.6 Å². The summed E-state index contributed by atoms with van der Waals surface area (Å²) in [7, 11) is -2.55. The highest BCUT2D eigenvalue weighted by atomic mass is 32.2. The van der Waals surface area contributed by atoms with E-state index >= 15 is 0 Å². The Morgan fingerprint density at radius 3 is 2.54 bits per heavy atom. The summed E-state index contributed by atoms with van der Waals surface area (Å²) in [5.41, 5.74) is -0.365. The molecule has 1 aromatic rings. The molecule has 0 saturated heterocycles. The lowest BCUT2D eigenvalue weighted by molar-refractivity contribution is -0.384. The lowest BCUT2D eigenvalue weighted by Crippen LogP contribution is -2.43. The average Bonchev–Trinajstić information content (AvgIpc) is 2.50. The van der Waals surface area contributed by atoms with Crippen LogP contribution < -0.4 is 14.4 Å². The van der Waals surface area contributed by atoms with E-state index in [2.05, 4.69) is 5.32 Å². The van der Waals surface area contributed by atoms with Crippen molar-refractivity contribution >= 4 is 27.3 Å². The van der Waals surface area contributed by atoms with Gasteiger partial charge in [-0.15, -0.1) is 0 Å². The fraction of sp³-hybridized carbons (Fsp3) is 0.500. The first-order valence-corrected chi connectivity index (χ1v) is 9.04. The van der Waals surface area contributed by atoms with Crippen molar-refractivity contribution in [2.24, 2.45) is 0 Å². The molecule has 0 aliphatic heterocycles. The third kappa shape index (κ3) is 5.08. The molecule has 1 atom stereocenters. The normalized spacial score (nSPS) is 12.3. The van der Waals surface area contributed by atoms with Crippen molar-refractivity contribution in [2.75, 3.05) is 24.2 Å². The number of nitro groups is 1. The van der Waals surface area contributed by atoms with Crippen LogP contribution in [0.15, 0.2) is 18.2 Å². The smallest absolute Gasteiger partial charge is 0.271 e. The number of nitro benzene ring substituents is 1. The van der Waals surface area contributed by atoms with Crippen molar-refractivity contribution < 1.29 is 22.9 Å². The van der Waals surface area contributed by atoms with Crippen LogP contribution in [0, 0.1) is 10.1 Å². The number of nitrogens with zero attached hydrogens (tertiary/aromatic N) is 2. The maximum atomic E-state index is 12.1. The van der Waals surface area contributed by atoms with E-state index in [0.29, 0.717) is 6.42 Å². The Morgan fingerprint density at radius 1 is 1.46 bits per heavy atom. The number of ether oxygens (including phenoxy) is 1. The number of anilines is 1. The maximum Gasteiger partial charge on any atom is 0.271 e. The van der Waals surface area contributed by atoms with Gasteiger partial charge in [0.15, 0.2) is 0 Å². The zero-order chi connectivity index (χ0) is 18.5. The van der Waals surface area contributed by atoms with Crippen LogP contribution in [0.2, 0.25) is 0 Å². The summed E-state index contributed by atoms with van der Waals surface area (Å²) < 4.78 is 30.1. The number of carbonyl (C=O) groups is 1. The van der Waals surface area contributed by atoms with Crippen LogP contribution in [0.5, 0.6) is 5.75 Å². The second-order valence-corrected chi connectivity index (χ2v) is 7.17. The molecule has 10 heteroatoms. The number of nitrogens with one attached hydrogen (secondary N) is 1. The molecule has 0 spiro atoms. The Bertz CT molecular complexity index is 719. The summed E-state index contributed by atoms with van der Waals surface area (Å²) in [4.78, 5) is 22.4. The number of non-ortho nitro benzene ring substituents is 1. The third-order valence-corrected chi connectivity index (χ3v) is 4.48. The molecule has 0 aromatic heterocycles. The lowest BCUT2D eigenvalue weighted by Gasteiger charge is -2.24. The van der Waals surface area contributed by atoms with E-state index < -0.39 is 27.4 Å². The molecule has 0 heterocycles. The lowest BCUT2D eigenvalue weighted by atomic mass is 10.2. The highest BCUT2D eigenvalue weighted by Gasteiger charge is 2.26. The van der Waals surface area contributed by atoms with Gasteiger partial charge in [-0.05, 0) is 19.4 Å². The molecule has 9 nitrogen and oxygen atoms in total. The minimum atomic E-state index is -3.86. The van der Waals surface area contributed by atoms with Gasteiger partial charge in [-0.2, -0.15) is 0 Å². The minimum absolute atomic E-state index is 0.0616. The van der Waals surface area contributed by atoms with Gasteiger partial charge in [0.05, 0.1) is 18.3 Å². The van der Waals surface area contributed by atoms with Gasteiger partial charge in [-0.25, -0.2) is 8.42 Å². The van der Waals surface area contributed by atoms with Crippen LogP contribution in [-0.4, -0.2) is 45.2 Å². The molecule has 0 unspecified atom stereocenters. The van der Waals surface area contributed by atoms with Gasteiger partial charge in [0, 0.05) is 18.2 Å². The number of rotatable bonds is 8. The molecule has 1 amide bonds. The van der Waals surface area contributed by atoms with E-state index in [1.54, 1.807) is 6.92 Å². The van der Waals surface area contributed by atoms with Gasteiger partial charge >= 0.3 is 0 Å². The molecular formula is C14H21N3O6S. The van der Waals surface area contributed by atoms with Crippen LogP contribution in [0.1, 0.15) is 20.3 Å². The largest absolute Gasteiger partial charge is 0.495 e. The third-order valence-electron chi connectivity index (χ3n) is 3.35. The van der Waals surface area contributed by atoms with Crippen molar-refractivity contribution in [2.45, 2.75) is 26.3 Å². The number of methoxy groups -OCH3 is 1. The van der Waals surface area contributed by atoms with Crippen LogP contribution in [0.25, 0.3) is 0 Å². The predicted molar refractivity (Wildman–Crippen MR) is 89.7 cm³/mol. The number of hydrogen-bond acceptors (Lipinski definition) is 6. The molecule has 0 saturated carbocycles. The van der Waals surface area contributed by atoms with Crippen molar-refractivity contribution in [3.05, 3.63) is 28.3 Å². The Kier molecular flexibility index (Phi) is 6.52. The highest BCUT2D eigenvalue weighted by Crippen LogP contribution is 2.33. The van der Waals surface area contributed by atoms with E-state index in [4.69, 9.17) is 4.74 Å². The molecule has 1 aromatic carbocycles. The van der Waals surface area contributed by atoms with Crippen LogP contribution in [0.3, 0.4) is 0 Å². The first-order chi connectivity index (χ1) is 11.1. The summed E-state index contributed by atoms with van der Waals surface area (Å²) in [5, 5.41) is 13.6. The minimum Gasteiger partial charge on any atom is -0.495 e. The van der Waals surface area contributed by atoms with Gasteiger partial charge in [-0.1, -0.05) is 6.92 Å². The molecule has 0 aliphatic carbocycles. The Hall–Kier alpha value is -2.36. The average molecular weight is 359 g/mol. The quantitative estimate of drug-likeness (QED) is 0.552. The first-order valence-electron chi connectivity index (χ1n) is 7.19. The number of carbonyl (C=O) groups excluding carboxylic acids is 1. The van der Waals surface area contributed by atoms with Gasteiger partial charge < -0.3 is 10.1 Å². The molecule has 0 radical (unpaired) electrons. The Labute approximate surface area is 140 Å². The fourth-order valence-corrected chi connectivity index (χ4v) is 2.77. The summed E-state index contributed by atoms with van der Waals surface area (Å²) in [6.07, 6.45) is 1.60. The number of benzene rings is 1. The Morgan fingerprint density at radius 2 is 2.08 bits per heavy atom. The van der Waals surface area contributed by atoms with Crippen molar-refractivity contribution in [3.8, 4) is 5.75 Å². The summed E-state index contributed by atoms with van der Waals surface area (Å²) in [5.74, 6) is -0.398. The topological polar surface area (TPSA) is 119 Å². The van der Waals surface area contributed by atoms with Crippen LogP contribution in [0.4, 0.5) is 11.4 Å². The molecule has 134 valence electrons. The second-order valence-electron chi connectivity index (χ2n) is 5.26. The molecule has 1 rings (SSSR count). The van der Waals surface area contributed by atoms with Crippen molar-refractivity contribution in [1.82, 2.24) is 5.32 Å². The monoisotopic (exact) mass is 359 g/mol. The van der Waals surface area contributed by atoms with Crippen molar-refractivity contribution in [1.29, 1.82) is 0 Å². The SMILES string of the molecule is CC[C@H](C)NC(=O)CN(c1cc([N+](=O)[O-])ccc1OC)S(C)(=O)=O. The van der Waals surface area contributed by atoms with Crippen molar-refractivity contribution in [3.63, 3.8) is 0 Å². The highest BCUT2D eigenvalue weighted by molar-refractivity contribution is 7.92. The second kappa shape index (κ2) is 7.95. The zero-order valence-corrected chi connectivity index (χ0v) is 14.8. The zero-order valence-electron chi connectivity index (χ0n) is 14.0. The fourth-order valence-electron chi connectivity index (χ4n) is 1.92. The predicted octanol–water partition coefficient (Wildman–Crippen LogP) is 1.28. The summed E-state index contributed by atoms with van der Waals surface area (Å²) in [6, 6.07) is 3.43. The number of hydrogen-bond donors (Lipinski definition) is 1. The molecule has 24 heavy (non-hydrogen) atoms. The van der Waals surface area contributed by atoms with Gasteiger partial charge in [0.25, 0.3) is 5.69 Å². The Balaban J connectivity index is 3.29. The standard InChI is InChI=1S/C14H21N3O6S/c1-5-10(2)15-14(18)9-16(24(4,21)22)12-8-11(17(19)20)6-7-13(12)23-3/h6-8,10H,5,9H2,1-4H3,(H,15,18)/t10-/m0/s1. The molecule has 0 aliphatic rings. The molecule has 1 N–H and O–H groups in total. The van der Waals surface area contributed by atoms with E-state index in [9.17, 15) is 23.3 Å². The number of sulfonamides is 1.